The topological polar surface area (TPSA) is 92.5 Å². The Kier molecular flexibility index (Phi) is 4.26. The number of rotatable bonds is 3. The number of amides is 3. The molecule has 2 aliphatic heterocycles. The lowest BCUT2D eigenvalue weighted by molar-refractivity contribution is -0.136. The van der Waals surface area contributed by atoms with Crippen molar-refractivity contribution in [2.75, 3.05) is 0 Å². The van der Waals surface area contributed by atoms with E-state index in [1.165, 1.54) is 12.8 Å². The van der Waals surface area contributed by atoms with Gasteiger partial charge in [-0.1, -0.05) is 18.9 Å². The molecule has 7 nitrogen and oxygen atoms in total. The normalized spacial score (nSPS) is 22.3. The Labute approximate surface area is 168 Å². The Morgan fingerprint density at radius 1 is 1.14 bits per heavy atom. The molecule has 2 aromatic rings. The monoisotopic (exact) mass is 393 g/mol. The van der Waals surface area contributed by atoms with Gasteiger partial charge in [-0.2, -0.15) is 0 Å². The molecule has 1 N–H and O–H groups in total. The fourth-order valence-electron chi connectivity index (χ4n) is 4.84. The van der Waals surface area contributed by atoms with Gasteiger partial charge in [0.25, 0.3) is 5.91 Å². The largest absolute Gasteiger partial charge is 0.445 e. The smallest absolute Gasteiger partial charge is 0.255 e. The molecule has 29 heavy (non-hydrogen) atoms. The summed E-state index contributed by atoms with van der Waals surface area (Å²) in [4.78, 5) is 42.7. The van der Waals surface area contributed by atoms with E-state index < -0.39 is 11.9 Å². The molecule has 1 saturated heterocycles. The summed E-state index contributed by atoms with van der Waals surface area (Å²) in [5, 5.41) is 2.34. The highest BCUT2D eigenvalue weighted by atomic mass is 16.4. The zero-order chi connectivity index (χ0) is 20.1. The molecule has 1 unspecified atom stereocenters. The Bertz CT molecular complexity index is 1020. The lowest BCUT2D eigenvalue weighted by Crippen LogP contribution is -2.52. The maximum Gasteiger partial charge on any atom is 0.255 e. The maximum absolute atomic E-state index is 12.9. The summed E-state index contributed by atoms with van der Waals surface area (Å²) in [7, 11) is 0. The van der Waals surface area contributed by atoms with Crippen molar-refractivity contribution in [2.24, 2.45) is 0 Å². The Morgan fingerprint density at radius 3 is 2.69 bits per heavy atom. The molecular weight excluding hydrogens is 370 g/mol. The Morgan fingerprint density at radius 2 is 1.93 bits per heavy atom. The molecule has 5 rings (SSSR count). The van der Waals surface area contributed by atoms with Crippen LogP contribution in [0.15, 0.2) is 22.6 Å². The summed E-state index contributed by atoms with van der Waals surface area (Å²) in [6.45, 7) is 2.23. The van der Waals surface area contributed by atoms with Crippen LogP contribution >= 0.6 is 0 Å². The third-order valence-corrected chi connectivity index (χ3v) is 6.28. The lowest BCUT2D eigenvalue weighted by atomic mass is 9.97. The molecule has 0 spiro atoms. The number of hydrogen-bond donors (Lipinski definition) is 1. The number of carbonyl (C=O) groups excluding carboxylic acids is 3. The summed E-state index contributed by atoms with van der Waals surface area (Å²) in [6.07, 6.45) is 5.28. The number of oxazole rings is 1. The highest BCUT2D eigenvalue weighted by Crippen LogP contribution is 2.40. The van der Waals surface area contributed by atoms with Gasteiger partial charge in [0.15, 0.2) is 5.89 Å². The SMILES string of the molecule is Cc1nc(-c2ccc3c(c2)CN(C2CCC(=O)NC2=O)C3=O)c(C2CCCC2)o1. The van der Waals surface area contributed by atoms with Gasteiger partial charge in [-0.3, -0.25) is 19.7 Å². The van der Waals surface area contributed by atoms with E-state index >= 15 is 0 Å². The number of piperidine rings is 1. The van der Waals surface area contributed by atoms with Crippen LogP contribution in [0.4, 0.5) is 0 Å². The van der Waals surface area contributed by atoms with Crippen molar-refractivity contribution in [3.8, 4) is 11.3 Å². The van der Waals surface area contributed by atoms with Gasteiger partial charge in [-0.05, 0) is 37.0 Å². The van der Waals surface area contributed by atoms with E-state index in [0.717, 1.165) is 35.4 Å². The minimum absolute atomic E-state index is 0.159. The molecule has 3 heterocycles. The van der Waals surface area contributed by atoms with Crippen LogP contribution in [-0.2, 0) is 16.1 Å². The van der Waals surface area contributed by atoms with E-state index in [9.17, 15) is 14.4 Å². The summed E-state index contributed by atoms with van der Waals surface area (Å²) >= 11 is 0. The van der Waals surface area contributed by atoms with Gasteiger partial charge in [0, 0.05) is 36.9 Å². The molecule has 2 fully saturated rings. The minimum atomic E-state index is -0.598. The predicted octanol–water partition coefficient (Wildman–Crippen LogP) is 3.07. The number of carbonyl (C=O) groups is 3. The van der Waals surface area contributed by atoms with Gasteiger partial charge < -0.3 is 9.32 Å². The van der Waals surface area contributed by atoms with Crippen LogP contribution in [-0.4, -0.2) is 33.6 Å². The number of imide groups is 1. The number of aryl methyl sites for hydroxylation is 1. The van der Waals surface area contributed by atoms with Crippen LogP contribution < -0.4 is 5.32 Å². The number of fused-ring (bicyclic) bond motifs is 1. The highest BCUT2D eigenvalue weighted by molar-refractivity contribution is 6.05. The van der Waals surface area contributed by atoms with Crippen molar-refractivity contribution in [1.29, 1.82) is 0 Å². The molecule has 3 aliphatic rings. The fraction of sp³-hybridized carbons (Fsp3) is 0.455. The number of benzene rings is 1. The molecule has 1 aromatic heterocycles. The zero-order valence-electron chi connectivity index (χ0n) is 16.4. The first kappa shape index (κ1) is 18.1. The van der Waals surface area contributed by atoms with Crippen molar-refractivity contribution in [3.05, 3.63) is 41.0 Å². The standard InChI is InChI=1S/C22H23N3O4/c1-12-23-19(20(29-12)13-4-2-3-5-13)14-6-7-16-15(10-14)11-25(22(16)28)17-8-9-18(26)24-21(17)27/h6-7,10,13,17H,2-5,8-9,11H2,1H3,(H,24,26,27). The second-order valence-electron chi connectivity index (χ2n) is 8.20. The second kappa shape index (κ2) is 6.83. The van der Waals surface area contributed by atoms with Crippen molar-refractivity contribution in [2.45, 2.75) is 64.0 Å². The summed E-state index contributed by atoms with van der Waals surface area (Å²) in [5.41, 5.74) is 3.31. The zero-order valence-corrected chi connectivity index (χ0v) is 16.4. The molecule has 0 bridgehead atoms. The van der Waals surface area contributed by atoms with Crippen molar-refractivity contribution < 1.29 is 18.8 Å². The van der Waals surface area contributed by atoms with Crippen LogP contribution in [0, 0.1) is 6.92 Å². The lowest BCUT2D eigenvalue weighted by Gasteiger charge is -2.29. The third kappa shape index (κ3) is 3.05. The number of nitrogens with zero attached hydrogens (tertiary/aromatic N) is 2. The van der Waals surface area contributed by atoms with Crippen molar-refractivity contribution in [1.82, 2.24) is 15.2 Å². The van der Waals surface area contributed by atoms with E-state index in [1.54, 1.807) is 4.90 Å². The maximum atomic E-state index is 12.9. The molecule has 1 atom stereocenters. The molecule has 1 aromatic carbocycles. The average molecular weight is 393 g/mol. The minimum Gasteiger partial charge on any atom is -0.445 e. The van der Waals surface area contributed by atoms with Gasteiger partial charge in [-0.25, -0.2) is 4.98 Å². The molecule has 150 valence electrons. The molecule has 0 radical (unpaired) electrons. The second-order valence-corrected chi connectivity index (χ2v) is 8.20. The van der Waals surface area contributed by atoms with E-state index in [0.29, 0.717) is 30.3 Å². The van der Waals surface area contributed by atoms with Gasteiger partial charge in [0.2, 0.25) is 11.8 Å². The summed E-state index contributed by atoms with van der Waals surface area (Å²) in [6, 6.07) is 5.13. The quantitative estimate of drug-likeness (QED) is 0.809. The molecule has 1 saturated carbocycles. The summed E-state index contributed by atoms with van der Waals surface area (Å²) < 4.78 is 5.96. The van der Waals surface area contributed by atoms with E-state index in [2.05, 4.69) is 10.3 Å². The fourth-order valence-corrected chi connectivity index (χ4v) is 4.84. The van der Waals surface area contributed by atoms with Crippen LogP contribution in [0.1, 0.15) is 72.0 Å². The van der Waals surface area contributed by atoms with Crippen LogP contribution in [0.2, 0.25) is 0 Å². The first-order valence-corrected chi connectivity index (χ1v) is 10.3. The van der Waals surface area contributed by atoms with E-state index in [4.69, 9.17) is 4.42 Å². The van der Waals surface area contributed by atoms with Crippen LogP contribution in [0.5, 0.6) is 0 Å². The van der Waals surface area contributed by atoms with Crippen molar-refractivity contribution >= 4 is 17.7 Å². The van der Waals surface area contributed by atoms with Gasteiger partial charge in [0.05, 0.1) is 0 Å². The van der Waals surface area contributed by atoms with E-state index in [1.807, 2.05) is 25.1 Å². The molecule has 1 aliphatic carbocycles. The van der Waals surface area contributed by atoms with Gasteiger partial charge in [0.1, 0.15) is 17.5 Å². The van der Waals surface area contributed by atoms with Gasteiger partial charge >= 0.3 is 0 Å². The first-order chi connectivity index (χ1) is 14.0. The third-order valence-electron chi connectivity index (χ3n) is 6.28. The van der Waals surface area contributed by atoms with Crippen LogP contribution in [0.25, 0.3) is 11.3 Å². The Hall–Kier alpha value is -2.96. The van der Waals surface area contributed by atoms with E-state index in [-0.39, 0.29) is 18.2 Å². The molecule has 7 heteroatoms. The number of nitrogens with one attached hydrogen (secondary N) is 1. The first-order valence-electron chi connectivity index (χ1n) is 10.3. The Balaban J connectivity index is 1.45. The van der Waals surface area contributed by atoms with Crippen molar-refractivity contribution in [3.63, 3.8) is 0 Å². The predicted molar refractivity (Wildman–Crippen MR) is 104 cm³/mol. The van der Waals surface area contributed by atoms with Crippen LogP contribution in [0.3, 0.4) is 0 Å². The number of hydrogen-bond acceptors (Lipinski definition) is 5. The molecule has 3 amide bonds. The molecular formula is C22H23N3O4. The highest BCUT2D eigenvalue weighted by Gasteiger charge is 2.39. The summed E-state index contributed by atoms with van der Waals surface area (Å²) in [5.74, 6) is 1.18. The number of aromatic nitrogens is 1. The van der Waals surface area contributed by atoms with Gasteiger partial charge in [-0.15, -0.1) is 0 Å². The average Bonchev–Trinajstić information content (AvgIpc) is 3.41.